The first-order valence-corrected chi connectivity index (χ1v) is 9.68. The van der Waals surface area contributed by atoms with Crippen molar-refractivity contribution >= 4 is 27.9 Å². The summed E-state index contributed by atoms with van der Waals surface area (Å²) in [4.78, 5) is 14.3. The summed E-state index contributed by atoms with van der Waals surface area (Å²) in [6.07, 6.45) is 2.76. The van der Waals surface area contributed by atoms with Crippen LogP contribution in [-0.2, 0) is 16.1 Å². The van der Waals surface area contributed by atoms with E-state index in [1.165, 1.54) is 23.8 Å². The largest absolute Gasteiger partial charge is 0.374 e. The van der Waals surface area contributed by atoms with Crippen molar-refractivity contribution in [1.29, 1.82) is 0 Å². The summed E-state index contributed by atoms with van der Waals surface area (Å²) in [5, 5.41) is 2.83. The molecule has 2 aromatic carbocycles. The lowest BCUT2D eigenvalue weighted by Crippen LogP contribution is -2.46. The lowest BCUT2D eigenvalue weighted by molar-refractivity contribution is -0.117. The number of nitrogens with zero attached hydrogens (tertiary/aromatic N) is 1. The van der Waals surface area contributed by atoms with Crippen molar-refractivity contribution in [3.05, 3.63) is 76.0 Å². The SMILES string of the molecule is O=C(/C=C/c1cc(Br)ccc1F)NCC1CN(Cc2ccccc2)CCO1. The lowest BCUT2D eigenvalue weighted by Gasteiger charge is -2.33. The molecule has 0 radical (unpaired) electrons. The van der Waals surface area contributed by atoms with Crippen LogP contribution in [0.3, 0.4) is 0 Å². The van der Waals surface area contributed by atoms with E-state index >= 15 is 0 Å². The summed E-state index contributed by atoms with van der Waals surface area (Å²) in [7, 11) is 0. The molecule has 6 heteroatoms. The van der Waals surface area contributed by atoms with Gasteiger partial charge in [-0.15, -0.1) is 0 Å². The lowest BCUT2D eigenvalue weighted by atomic mass is 10.2. The molecule has 0 aliphatic carbocycles. The van der Waals surface area contributed by atoms with Gasteiger partial charge in [-0.05, 0) is 29.8 Å². The number of carbonyl (C=O) groups is 1. The highest BCUT2D eigenvalue weighted by Crippen LogP contribution is 2.16. The van der Waals surface area contributed by atoms with Crippen molar-refractivity contribution in [3.63, 3.8) is 0 Å². The molecular weight excluding hydrogens is 411 g/mol. The van der Waals surface area contributed by atoms with Gasteiger partial charge < -0.3 is 10.1 Å². The second kappa shape index (κ2) is 9.78. The average Bonchev–Trinajstić information content (AvgIpc) is 2.68. The Balaban J connectivity index is 1.47. The third-order valence-corrected chi connectivity index (χ3v) is 4.84. The summed E-state index contributed by atoms with van der Waals surface area (Å²) in [6, 6.07) is 14.9. The maximum absolute atomic E-state index is 13.7. The highest BCUT2D eigenvalue weighted by atomic mass is 79.9. The molecule has 2 aromatic rings. The molecule has 0 spiro atoms. The average molecular weight is 433 g/mol. The molecule has 27 heavy (non-hydrogen) atoms. The fourth-order valence-electron chi connectivity index (χ4n) is 2.97. The van der Waals surface area contributed by atoms with Gasteiger partial charge in [0.15, 0.2) is 0 Å². The van der Waals surface area contributed by atoms with Crippen LogP contribution < -0.4 is 5.32 Å². The van der Waals surface area contributed by atoms with Gasteiger partial charge in [-0.3, -0.25) is 9.69 Å². The topological polar surface area (TPSA) is 41.6 Å². The Morgan fingerprint density at radius 2 is 2.11 bits per heavy atom. The Kier molecular flexibility index (Phi) is 7.15. The molecule has 1 aliphatic heterocycles. The minimum atomic E-state index is -0.366. The number of ether oxygens (including phenoxy) is 1. The zero-order chi connectivity index (χ0) is 19.1. The van der Waals surface area contributed by atoms with Crippen molar-refractivity contribution in [2.75, 3.05) is 26.2 Å². The molecule has 0 bridgehead atoms. The Labute approximate surface area is 167 Å². The Bertz CT molecular complexity index is 798. The predicted octanol–water partition coefficient (Wildman–Crippen LogP) is 3.62. The van der Waals surface area contributed by atoms with Crippen LogP contribution in [0.15, 0.2) is 59.1 Å². The van der Waals surface area contributed by atoms with Gasteiger partial charge >= 0.3 is 0 Å². The minimum absolute atomic E-state index is 0.0533. The Hall–Kier alpha value is -2.02. The summed E-state index contributed by atoms with van der Waals surface area (Å²) in [6.45, 7) is 3.58. The summed E-state index contributed by atoms with van der Waals surface area (Å²) >= 11 is 3.29. The van der Waals surface area contributed by atoms with Crippen molar-refractivity contribution in [2.45, 2.75) is 12.6 Å². The van der Waals surface area contributed by atoms with Crippen LogP contribution in [0.25, 0.3) is 6.08 Å². The number of morpholine rings is 1. The van der Waals surface area contributed by atoms with E-state index in [1.807, 2.05) is 18.2 Å². The first-order chi connectivity index (χ1) is 13.1. The number of hydrogen-bond acceptors (Lipinski definition) is 3. The number of benzene rings is 2. The molecule has 0 saturated carbocycles. The van der Waals surface area contributed by atoms with Gasteiger partial charge in [0, 0.05) is 42.3 Å². The van der Waals surface area contributed by atoms with E-state index in [1.54, 1.807) is 12.1 Å². The van der Waals surface area contributed by atoms with Crippen molar-refractivity contribution in [1.82, 2.24) is 10.2 Å². The highest BCUT2D eigenvalue weighted by molar-refractivity contribution is 9.10. The van der Waals surface area contributed by atoms with Gasteiger partial charge in [-0.25, -0.2) is 4.39 Å². The van der Waals surface area contributed by atoms with E-state index < -0.39 is 0 Å². The van der Waals surface area contributed by atoms with Gasteiger partial charge in [0.25, 0.3) is 0 Å². The molecule has 1 amide bonds. The van der Waals surface area contributed by atoms with Crippen LogP contribution in [0.5, 0.6) is 0 Å². The monoisotopic (exact) mass is 432 g/mol. The summed E-state index contributed by atoms with van der Waals surface area (Å²) in [5.74, 6) is -0.632. The smallest absolute Gasteiger partial charge is 0.244 e. The Morgan fingerprint density at radius 3 is 2.93 bits per heavy atom. The predicted molar refractivity (Wildman–Crippen MR) is 108 cm³/mol. The third-order valence-electron chi connectivity index (χ3n) is 4.35. The first-order valence-electron chi connectivity index (χ1n) is 8.89. The normalized spacial score (nSPS) is 17.9. The zero-order valence-corrected chi connectivity index (χ0v) is 16.5. The molecule has 4 nitrogen and oxygen atoms in total. The van der Waals surface area contributed by atoms with E-state index in [2.05, 4.69) is 38.3 Å². The molecule has 142 valence electrons. The van der Waals surface area contributed by atoms with Crippen LogP contribution in [-0.4, -0.2) is 43.2 Å². The molecule has 1 heterocycles. The van der Waals surface area contributed by atoms with Gasteiger partial charge in [-0.2, -0.15) is 0 Å². The first kappa shape index (κ1) is 19.7. The molecule has 1 atom stereocenters. The molecule has 0 aromatic heterocycles. The molecule has 1 N–H and O–H groups in total. The van der Waals surface area contributed by atoms with Crippen LogP contribution in [0.4, 0.5) is 4.39 Å². The van der Waals surface area contributed by atoms with E-state index in [0.717, 1.165) is 24.1 Å². The standard InChI is InChI=1S/C21H22BrFN2O2/c22-18-7-8-20(23)17(12-18)6-9-21(26)24-13-19-15-25(10-11-27-19)14-16-4-2-1-3-5-16/h1-9,12,19H,10-11,13-15H2,(H,24,26)/b9-6+. The second-order valence-electron chi connectivity index (χ2n) is 6.46. The van der Waals surface area contributed by atoms with E-state index in [-0.39, 0.29) is 17.8 Å². The van der Waals surface area contributed by atoms with E-state index in [4.69, 9.17) is 4.74 Å². The quantitative estimate of drug-likeness (QED) is 0.708. The molecular formula is C21H22BrFN2O2. The summed E-state index contributed by atoms with van der Waals surface area (Å²) in [5.41, 5.74) is 1.63. The Morgan fingerprint density at radius 1 is 1.30 bits per heavy atom. The third kappa shape index (κ3) is 6.27. The fourth-order valence-corrected chi connectivity index (χ4v) is 3.35. The number of amides is 1. The number of nitrogens with one attached hydrogen (secondary N) is 1. The van der Waals surface area contributed by atoms with E-state index in [0.29, 0.717) is 18.7 Å². The highest BCUT2D eigenvalue weighted by Gasteiger charge is 2.20. The second-order valence-corrected chi connectivity index (χ2v) is 7.37. The van der Waals surface area contributed by atoms with Crippen molar-refractivity contribution < 1.29 is 13.9 Å². The van der Waals surface area contributed by atoms with Gasteiger partial charge in [-0.1, -0.05) is 46.3 Å². The summed E-state index contributed by atoms with van der Waals surface area (Å²) < 4.78 is 20.2. The zero-order valence-electron chi connectivity index (χ0n) is 14.9. The van der Waals surface area contributed by atoms with Gasteiger partial charge in [0.05, 0.1) is 12.7 Å². The van der Waals surface area contributed by atoms with Crippen LogP contribution in [0.2, 0.25) is 0 Å². The molecule has 1 unspecified atom stereocenters. The van der Waals surface area contributed by atoms with Crippen LogP contribution >= 0.6 is 15.9 Å². The fraction of sp³-hybridized carbons (Fsp3) is 0.286. The van der Waals surface area contributed by atoms with Crippen LogP contribution in [0.1, 0.15) is 11.1 Å². The molecule has 1 fully saturated rings. The number of carbonyl (C=O) groups excluding carboxylic acids is 1. The van der Waals surface area contributed by atoms with Crippen LogP contribution in [0, 0.1) is 5.82 Å². The molecule has 1 saturated heterocycles. The van der Waals surface area contributed by atoms with Gasteiger partial charge in [0.2, 0.25) is 5.91 Å². The number of hydrogen-bond donors (Lipinski definition) is 1. The van der Waals surface area contributed by atoms with Crippen molar-refractivity contribution in [3.8, 4) is 0 Å². The number of rotatable bonds is 6. The van der Waals surface area contributed by atoms with Gasteiger partial charge in [0.1, 0.15) is 5.82 Å². The maximum atomic E-state index is 13.7. The number of halogens is 2. The van der Waals surface area contributed by atoms with Crippen molar-refractivity contribution in [2.24, 2.45) is 0 Å². The molecule has 1 aliphatic rings. The maximum Gasteiger partial charge on any atom is 0.244 e. The minimum Gasteiger partial charge on any atom is -0.374 e. The molecule has 3 rings (SSSR count). The van der Waals surface area contributed by atoms with E-state index in [9.17, 15) is 9.18 Å².